The Labute approximate surface area is 78.7 Å². The van der Waals surface area contributed by atoms with Crippen molar-refractivity contribution in [2.45, 2.75) is 13.3 Å². The fourth-order valence-electron chi connectivity index (χ4n) is 0.987. The van der Waals surface area contributed by atoms with Crippen LogP contribution in [0, 0.1) is 0 Å². The Hall–Kier alpha value is -1.51. The molecule has 0 fully saturated rings. The number of nitrogens with two attached hydrogens (primary N) is 1. The third-order valence-electron chi connectivity index (χ3n) is 1.66. The lowest BCUT2D eigenvalue weighted by Gasteiger charge is -2.05. The van der Waals surface area contributed by atoms with Crippen molar-refractivity contribution in [3.8, 4) is 0 Å². The van der Waals surface area contributed by atoms with E-state index in [9.17, 15) is 0 Å². The number of hydrogen-bond donors (Lipinski definition) is 2. The number of rotatable bonds is 4. The molecule has 0 bridgehead atoms. The molecule has 1 aromatic heterocycles. The fourth-order valence-corrected chi connectivity index (χ4v) is 0.987. The van der Waals surface area contributed by atoms with Crippen molar-refractivity contribution in [1.29, 1.82) is 0 Å². The first-order valence-corrected chi connectivity index (χ1v) is 4.43. The molecule has 1 heterocycles. The monoisotopic (exact) mass is 177 g/mol. The summed E-state index contributed by atoms with van der Waals surface area (Å²) in [5.41, 5.74) is 7.31. The zero-order chi connectivity index (χ0) is 9.52. The highest BCUT2D eigenvalue weighted by molar-refractivity contribution is 5.64. The van der Waals surface area contributed by atoms with Gasteiger partial charge in [0.25, 0.3) is 0 Å². The van der Waals surface area contributed by atoms with E-state index >= 15 is 0 Å². The van der Waals surface area contributed by atoms with Crippen molar-refractivity contribution in [2.75, 3.05) is 17.6 Å². The summed E-state index contributed by atoms with van der Waals surface area (Å²) in [6.45, 7) is 2.92. The van der Waals surface area contributed by atoms with Gasteiger partial charge in [0, 0.05) is 12.7 Å². The van der Waals surface area contributed by atoms with E-state index in [0.29, 0.717) is 5.69 Å². The lowest BCUT2D eigenvalue weighted by molar-refractivity contribution is 1.20. The molecule has 0 aliphatic rings. The molecule has 0 saturated carbocycles. The normalized spacial score (nSPS) is 10.5. The van der Waals surface area contributed by atoms with Crippen LogP contribution in [0.15, 0.2) is 30.6 Å². The predicted molar refractivity (Wildman–Crippen MR) is 56.6 cm³/mol. The largest absolute Gasteiger partial charge is 0.396 e. The number of nitrogens with zero attached hydrogens (tertiary/aromatic N) is 1. The summed E-state index contributed by atoms with van der Waals surface area (Å²) in [5, 5.41) is 3.20. The van der Waals surface area contributed by atoms with Gasteiger partial charge in [-0.25, -0.2) is 0 Å². The standard InChI is InChI=1S/C10H15N3/c1-2-3-4-6-13-10-5-7-12-8-9(10)11/h3-5,7-8H,2,6,11H2,1H3,(H,12,13)/b4-3+. The van der Waals surface area contributed by atoms with Crippen LogP contribution in [-0.2, 0) is 0 Å². The molecule has 0 radical (unpaired) electrons. The number of nitrogens with one attached hydrogen (secondary N) is 1. The Kier molecular flexibility index (Phi) is 3.82. The van der Waals surface area contributed by atoms with Crippen molar-refractivity contribution in [1.82, 2.24) is 4.98 Å². The highest BCUT2D eigenvalue weighted by Crippen LogP contribution is 2.14. The number of aromatic nitrogens is 1. The number of hydrogen-bond acceptors (Lipinski definition) is 3. The van der Waals surface area contributed by atoms with Gasteiger partial charge in [-0.15, -0.1) is 0 Å². The molecule has 1 aromatic rings. The van der Waals surface area contributed by atoms with E-state index in [1.54, 1.807) is 12.4 Å². The van der Waals surface area contributed by atoms with E-state index < -0.39 is 0 Å². The van der Waals surface area contributed by atoms with Crippen molar-refractivity contribution >= 4 is 11.4 Å². The summed E-state index contributed by atoms with van der Waals surface area (Å²) in [5.74, 6) is 0. The highest BCUT2D eigenvalue weighted by Gasteiger charge is 1.93. The molecular weight excluding hydrogens is 162 g/mol. The van der Waals surface area contributed by atoms with Gasteiger partial charge in [-0.2, -0.15) is 0 Å². The third-order valence-corrected chi connectivity index (χ3v) is 1.66. The van der Waals surface area contributed by atoms with Crippen molar-refractivity contribution in [2.24, 2.45) is 0 Å². The first-order valence-electron chi connectivity index (χ1n) is 4.43. The van der Waals surface area contributed by atoms with E-state index in [-0.39, 0.29) is 0 Å². The Morgan fingerprint density at radius 2 is 2.38 bits per heavy atom. The van der Waals surface area contributed by atoms with Gasteiger partial charge in [-0.3, -0.25) is 4.98 Å². The van der Waals surface area contributed by atoms with Crippen LogP contribution in [0.5, 0.6) is 0 Å². The Morgan fingerprint density at radius 3 is 3.08 bits per heavy atom. The molecule has 0 spiro atoms. The summed E-state index contributed by atoms with van der Waals surface area (Å²) in [4.78, 5) is 3.91. The molecule has 70 valence electrons. The number of pyridine rings is 1. The minimum absolute atomic E-state index is 0.687. The second-order valence-corrected chi connectivity index (χ2v) is 2.72. The molecular formula is C10H15N3. The second-order valence-electron chi connectivity index (χ2n) is 2.72. The van der Waals surface area contributed by atoms with E-state index in [0.717, 1.165) is 18.7 Å². The van der Waals surface area contributed by atoms with Crippen LogP contribution in [0.2, 0.25) is 0 Å². The van der Waals surface area contributed by atoms with Crippen LogP contribution < -0.4 is 11.1 Å². The van der Waals surface area contributed by atoms with Gasteiger partial charge in [0.05, 0.1) is 17.6 Å². The molecule has 0 aliphatic carbocycles. The van der Waals surface area contributed by atoms with Crippen LogP contribution in [-0.4, -0.2) is 11.5 Å². The molecule has 0 unspecified atom stereocenters. The number of anilines is 2. The molecule has 3 heteroatoms. The van der Waals surface area contributed by atoms with Crippen LogP contribution in [0.4, 0.5) is 11.4 Å². The molecule has 13 heavy (non-hydrogen) atoms. The van der Waals surface area contributed by atoms with Gasteiger partial charge in [0.15, 0.2) is 0 Å². The summed E-state index contributed by atoms with van der Waals surface area (Å²) in [6.07, 6.45) is 8.63. The first kappa shape index (κ1) is 9.58. The summed E-state index contributed by atoms with van der Waals surface area (Å²) < 4.78 is 0. The van der Waals surface area contributed by atoms with E-state index in [2.05, 4.69) is 29.4 Å². The molecule has 3 nitrogen and oxygen atoms in total. The molecule has 0 aromatic carbocycles. The SMILES string of the molecule is CC/C=C/CNc1ccncc1N. The fraction of sp³-hybridized carbons (Fsp3) is 0.300. The summed E-state index contributed by atoms with van der Waals surface area (Å²) in [6, 6.07) is 1.87. The minimum atomic E-state index is 0.687. The summed E-state index contributed by atoms with van der Waals surface area (Å²) >= 11 is 0. The zero-order valence-corrected chi connectivity index (χ0v) is 7.83. The highest BCUT2D eigenvalue weighted by atomic mass is 14.9. The van der Waals surface area contributed by atoms with Gasteiger partial charge < -0.3 is 11.1 Å². The van der Waals surface area contributed by atoms with E-state index in [1.165, 1.54) is 0 Å². The zero-order valence-electron chi connectivity index (χ0n) is 7.83. The lowest BCUT2D eigenvalue weighted by Crippen LogP contribution is -2.01. The summed E-state index contributed by atoms with van der Waals surface area (Å²) in [7, 11) is 0. The van der Waals surface area contributed by atoms with Gasteiger partial charge >= 0.3 is 0 Å². The van der Waals surface area contributed by atoms with Gasteiger partial charge in [0.1, 0.15) is 0 Å². The van der Waals surface area contributed by atoms with Crippen LogP contribution in [0.25, 0.3) is 0 Å². The number of allylic oxidation sites excluding steroid dienone is 1. The maximum atomic E-state index is 5.69. The molecule has 0 amide bonds. The van der Waals surface area contributed by atoms with Crippen LogP contribution in [0.1, 0.15) is 13.3 Å². The van der Waals surface area contributed by atoms with Crippen molar-refractivity contribution < 1.29 is 0 Å². The van der Waals surface area contributed by atoms with Crippen molar-refractivity contribution in [3.05, 3.63) is 30.6 Å². The minimum Gasteiger partial charge on any atom is -0.396 e. The second kappa shape index (κ2) is 5.19. The Morgan fingerprint density at radius 1 is 1.54 bits per heavy atom. The third kappa shape index (κ3) is 3.15. The Balaban J connectivity index is 2.45. The quantitative estimate of drug-likeness (QED) is 0.692. The molecule has 0 saturated heterocycles. The maximum Gasteiger partial charge on any atom is 0.0736 e. The van der Waals surface area contributed by atoms with Crippen molar-refractivity contribution in [3.63, 3.8) is 0 Å². The van der Waals surface area contributed by atoms with Gasteiger partial charge in [-0.05, 0) is 12.5 Å². The van der Waals surface area contributed by atoms with Gasteiger partial charge in [-0.1, -0.05) is 19.1 Å². The molecule has 0 aliphatic heterocycles. The maximum absolute atomic E-state index is 5.69. The lowest BCUT2D eigenvalue weighted by atomic mass is 10.3. The Bertz CT molecular complexity index is 281. The predicted octanol–water partition coefficient (Wildman–Crippen LogP) is 2.04. The van der Waals surface area contributed by atoms with E-state index in [1.807, 2.05) is 6.07 Å². The van der Waals surface area contributed by atoms with Crippen LogP contribution >= 0.6 is 0 Å². The first-order chi connectivity index (χ1) is 6.34. The smallest absolute Gasteiger partial charge is 0.0736 e. The topological polar surface area (TPSA) is 50.9 Å². The molecule has 3 N–H and O–H groups in total. The van der Waals surface area contributed by atoms with Gasteiger partial charge in [0.2, 0.25) is 0 Å². The molecule has 1 rings (SSSR count). The molecule has 0 atom stereocenters. The average molecular weight is 177 g/mol. The average Bonchev–Trinajstić information content (AvgIpc) is 2.15. The number of nitrogen functional groups attached to an aromatic ring is 1. The van der Waals surface area contributed by atoms with E-state index in [4.69, 9.17) is 5.73 Å². The van der Waals surface area contributed by atoms with Crippen LogP contribution in [0.3, 0.4) is 0 Å².